The van der Waals surface area contributed by atoms with Crippen LogP contribution in [0.5, 0.6) is 0 Å². The summed E-state index contributed by atoms with van der Waals surface area (Å²) in [6.07, 6.45) is 2.99. The second-order valence-electron chi connectivity index (χ2n) is 11.2. The number of ether oxygens (including phenoxy) is 1. The zero-order chi connectivity index (χ0) is 31.3. The van der Waals surface area contributed by atoms with Crippen LogP contribution in [0.1, 0.15) is 65.5 Å². The maximum Gasteiger partial charge on any atom is 0.343 e. The zero-order valence-electron chi connectivity index (χ0n) is 24.4. The van der Waals surface area contributed by atoms with Gasteiger partial charge in [0.15, 0.2) is 5.60 Å². The number of nitrogens with zero attached hydrogens (tertiary/aromatic N) is 3. The summed E-state index contributed by atoms with van der Waals surface area (Å²) in [6, 6.07) is 3.02. The maximum atomic E-state index is 15.1. The predicted molar refractivity (Wildman–Crippen MR) is 163 cm³/mol. The van der Waals surface area contributed by atoms with Gasteiger partial charge in [-0.1, -0.05) is 6.92 Å². The van der Waals surface area contributed by atoms with Crippen LogP contribution >= 0.6 is 11.8 Å². The topological polar surface area (TPSA) is 166 Å². The number of hydrogen-bond donors (Lipinski definition) is 3. The summed E-state index contributed by atoms with van der Waals surface area (Å²) in [5, 5.41) is 14.7. The smallest absolute Gasteiger partial charge is 0.343 e. The Bertz CT molecular complexity index is 1840. The molecule has 0 saturated carbocycles. The lowest BCUT2D eigenvalue weighted by molar-refractivity contribution is -0.172. The molecule has 0 saturated heterocycles. The number of rotatable bonds is 8. The van der Waals surface area contributed by atoms with Gasteiger partial charge in [0.25, 0.3) is 5.56 Å². The molecular weight excluding hydrogens is 589 g/mol. The Kier molecular flexibility index (Phi) is 7.89. The summed E-state index contributed by atoms with van der Waals surface area (Å²) >= 11 is 1.39. The number of nitrogens with two attached hydrogens (primary N) is 1. The number of amides is 2. The van der Waals surface area contributed by atoms with Crippen molar-refractivity contribution < 1.29 is 28.6 Å². The van der Waals surface area contributed by atoms with Gasteiger partial charge in [0, 0.05) is 46.9 Å². The number of cyclic esters (lactones) is 1. The molecule has 2 atom stereocenters. The highest BCUT2D eigenvalue weighted by atomic mass is 32.2. The first-order chi connectivity index (χ1) is 21.1. The molecule has 0 radical (unpaired) electrons. The molecule has 44 heavy (non-hydrogen) atoms. The largest absolute Gasteiger partial charge is 0.458 e. The molecule has 1 unspecified atom stereocenters. The van der Waals surface area contributed by atoms with Crippen molar-refractivity contribution in [1.82, 2.24) is 14.9 Å². The number of pyridine rings is 2. The van der Waals surface area contributed by atoms with E-state index in [1.807, 2.05) is 0 Å². The molecule has 1 aromatic carbocycles. The number of carbonyl (C=O) groups is 3. The lowest BCUT2D eigenvalue weighted by Crippen LogP contribution is -2.44. The third kappa shape index (κ3) is 4.83. The van der Waals surface area contributed by atoms with Gasteiger partial charge in [-0.25, -0.2) is 19.2 Å². The lowest BCUT2D eigenvalue weighted by Gasteiger charge is -2.31. The number of aliphatic hydroxyl groups is 1. The number of aromatic nitrogens is 2. The van der Waals surface area contributed by atoms with Crippen LogP contribution in [0.25, 0.3) is 22.3 Å². The van der Waals surface area contributed by atoms with E-state index < -0.39 is 11.6 Å². The van der Waals surface area contributed by atoms with E-state index in [2.05, 4.69) is 10.3 Å². The monoisotopic (exact) mass is 621 g/mol. The van der Waals surface area contributed by atoms with Crippen LogP contribution in [0, 0.1) is 12.7 Å². The molecule has 6 rings (SSSR count). The van der Waals surface area contributed by atoms with E-state index in [4.69, 9.17) is 15.5 Å². The summed E-state index contributed by atoms with van der Waals surface area (Å²) < 4.78 is 21.8. The van der Waals surface area contributed by atoms with Crippen molar-refractivity contribution in [2.24, 2.45) is 10.7 Å². The molecule has 2 aromatic heterocycles. The number of nitrogens with one attached hydrogen (secondary N) is 1. The predicted octanol–water partition coefficient (Wildman–Crippen LogP) is 2.31. The average Bonchev–Trinajstić information content (AvgIpc) is 3.39. The number of halogens is 1. The van der Waals surface area contributed by atoms with Crippen molar-refractivity contribution in [3.8, 4) is 11.4 Å². The van der Waals surface area contributed by atoms with Crippen LogP contribution in [0.2, 0.25) is 0 Å². The van der Waals surface area contributed by atoms with Crippen LogP contribution in [0.3, 0.4) is 0 Å². The highest BCUT2D eigenvalue weighted by Crippen LogP contribution is 2.46. The number of carbonyl (C=O) groups excluding carboxylic acids is 3. The molecule has 1 aliphatic carbocycles. The third-order valence-corrected chi connectivity index (χ3v) is 9.68. The molecule has 0 spiro atoms. The van der Waals surface area contributed by atoms with Gasteiger partial charge in [-0.3, -0.25) is 14.4 Å². The average molecular weight is 622 g/mol. The molecule has 4 N–H and O–H groups in total. The molecule has 2 amide bonds. The number of hydrogen-bond acceptors (Lipinski definition) is 9. The van der Waals surface area contributed by atoms with Gasteiger partial charge in [0.2, 0.25) is 11.8 Å². The number of fused-ring (bicyclic) bond motifs is 5. The summed E-state index contributed by atoms with van der Waals surface area (Å²) in [5.41, 5.74) is 7.69. The van der Waals surface area contributed by atoms with Crippen molar-refractivity contribution in [1.29, 1.82) is 0 Å². The standard InChI is InChI=1S/C31H32FN5O6S/c1-3-31(42)20-8-23-28-18(12-37(23)29(40)19(20)13-43-30(31)41)26-16(11-34-24(38)6-7-44-14-35-25(39)10-33)4-5-17-15(2)21(32)9-22(36-28)27(17)26/h8-9,11,16,42H,3-7,10,12-14,33H2,1-2H3,(H,35,39)/b34-11+/t16?,31-/m0/s1. The Balaban J connectivity index is 1.40. The molecule has 3 aliphatic rings. The molecule has 0 bridgehead atoms. The number of thioether (sulfide) groups is 1. The Morgan fingerprint density at radius 2 is 2.11 bits per heavy atom. The molecule has 2 aliphatic heterocycles. The first kappa shape index (κ1) is 30.1. The normalized spacial score (nSPS) is 19.9. The summed E-state index contributed by atoms with van der Waals surface area (Å²) in [4.78, 5) is 59.3. The first-order valence-corrected chi connectivity index (χ1v) is 15.7. The summed E-state index contributed by atoms with van der Waals surface area (Å²) in [6.45, 7) is 3.23. The van der Waals surface area contributed by atoms with E-state index in [1.54, 1.807) is 30.7 Å². The van der Waals surface area contributed by atoms with Gasteiger partial charge in [-0.05, 0) is 48.9 Å². The molecule has 230 valence electrons. The summed E-state index contributed by atoms with van der Waals surface area (Å²) in [5.74, 6) is -1.22. The third-order valence-electron chi connectivity index (χ3n) is 8.84. The molecule has 11 nitrogen and oxygen atoms in total. The highest BCUT2D eigenvalue weighted by molar-refractivity contribution is 7.99. The minimum Gasteiger partial charge on any atom is -0.458 e. The Labute approximate surface area is 256 Å². The van der Waals surface area contributed by atoms with Gasteiger partial charge < -0.3 is 25.5 Å². The second-order valence-corrected chi connectivity index (χ2v) is 12.3. The Morgan fingerprint density at radius 1 is 1.32 bits per heavy atom. The first-order valence-electron chi connectivity index (χ1n) is 14.5. The van der Waals surface area contributed by atoms with Crippen LogP contribution in [0.4, 0.5) is 4.39 Å². The van der Waals surface area contributed by atoms with Gasteiger partial charge in [0.1, 0.15) is 12.4 Å². The fourth-order valence-corrected chi connectivity index (χ4v) is 7.14. The van der Waals surface area contributed by atoms with Crippen molar-refractivity contribution in [3.05, 3.63) is 61.7 Å². The minimum atomic E-state index is -1.96. The fourth-order valence-electron chi connectivity index (χ4n) is 6.41. The maximum absolute atomic E-state index is 15.1. The van der Waals surface area contributed by atoms with E-state index >= 15 is 4.39 Å². The number of aliphatic imine (C=N–C) groups is 1. The van der Waals surface area contributed by atoms with Crippen LogP contribution < -0.4 is 16.6 Å². The molecule has 4 heterocycles. The quantitative estimate of drug-likeness (QED) is 0.116. The van der Waals surface area contributed by atoms with E-state index in [1.165, 1.54) is 17.8 Å². The minimum absolute atomic E-state index is 0.0201. The van der Waals surface area contributed by atoms with Gasteiger partial charge in [-0.15, -0.1) is 11.8 Å². The van der Waals surface area contributed by atoms with Crippen molar-refractivity contribution >= 4 is 46.7 Å². The van der Waals surface area contributed by atoms with Gasteiger partial charge in [0.05, 0.1) is 41.4 Å². The number of esters is 1. The van der Waals surface area contributed by atoms with E-state index in [0.29, 0.717) is 46.9 Å². The summed E-state index contributed by atoms with van der Waals surface area (Å²) in [7, 11) is 0. The molecule has 3 aromatic rings. The molecular formula is C31H32FN5O6S. The lowest BCUT2D eigenvalue weighted by atomic mass is 9.78. The van der Waals surface area contributed by atoms with Crippen molar-refractivity contribution in [3.63, 3.8) is 0 Å². The van der Waals surface area contributed by atoms with Gasteiger partial charge >= 0.3 is 5.97 Å². The number of aryl methyl sites for hydroxylation is 1. The highest BCUT2D eigenvalue weighted by Gasteiger charge is 2.45. The van der Waals surface area contributed by atoms with E-state index in [-0.39, 0.29) is 72.8 Å². The second kappa shape index (κ2) is 11.5. The van der Waals surface area contributed by atoms with Crippen LogP contribution in [-0.2, 0) is 44.3 Å². The van der Waals surface area contributed by atoms with Gasteiger partial charge in [-0.2, -0.15) is 0 Å². The van der Waals surface area contributed by atoms with Crippen LogP contribution in [-0.4, -0.2) is 56.8 Å². The SMILES string of the molecule is CC[C@@]1(O)C(=O)OCc2c1cc1n(c2=O)Cc2c-1nc1cc(F)c(C)c3c1c2C(/C=N/C(=O)CCSCNC(=O)CN)CC3. The fraction of sp³-hybridized carbons (Fsp3) is 0.419. The van der Waals surface area contributed by atoms with Crippen molar-refractivity contribution in [2.45, 2.75) is 64.2 Å². The number of benzene rings is 1. The van der Waals surface area contributed by atoms with Crippen molar-refractivity contribution in [2.75, 3.05) is 18.2 Å². The Hall–Kier alpha value is -3.94. The molecule has 13 heteroatoms. The van der Waals surface area contributed by atoms with E-state index in [9.17, 15) is 24.3 Å². The molecule has 0 fully saturated rings. The van der Waals surface area contributed by atoms with E-state index in [0.717, 1.165) is 22.1 Å². The Morgan fingerprint density at radius 3 is 2.86 bits per heavy atom. The zero-order valence-corrected chi connectivity index (χ0v) is 25.2. The van der Waals surface area contributed by atoms with Crippen LogP contribution in [0.15, 0.2) is 21.9 Å².